The largest absolute Gasteiger partial charge is 0.347 e. The summed E-state index contributed by atoms with van der Waals surface area (Å²) < 4.78 is 12.9. The second-order valence-electron chi connectivity index (χ2n) is 7.01. The van der Waals surface area contributed by atoms with Gasteiger partial charge in [-0.05, 0) is 57.0 Å². The molecule has 0 saturated carbocycles. The predicted octanol–water partition coefficient (Wildman–Crippen LogP) is 3.72. The van der Waals surface area contributed by atoms with Crippen LogP contribution in [0.15, 0.2) is 48.5 Å². The van der Waals surface area contributed by atoms with E-state index in [9.17, 15) is 14.0 Å². The van der Waals surface area contributed by atoms with E-state index in [-0.39, 0.29) is 17.3 Å². The summed E-state index contributed by atoms with van der Waals surface area (Å²) in [6.45, 7) is 6.07. The highest BCUT2D eigenvalue weighted by molar-refractivity contribution is 6.03. The number of hydrogen-bond acceptors (Lipinski definition) is 2. The summed E-state index contributed by atoms with van der Waals surface area (Å²) in [4.78, 5) is 24.5. The lowest BCUT2D eigenvalue weighted by Crippen LogP contribution is -2.41. The van der Waals surface area contributed by atoms with Crippen LogP contribution in [0.1, 0.15) is 36.7 Å². The molecule has 2 rings (SSSR count). The molecule has 0 aliphatic heterocycles. The highest BCUT2D eigenvalue weighted by Gasteiger charge is 2.18. The molecule has 6 heteroatoms. The Balaban J connectivity index is 1.92. The maximum Gasteiger partial charge on any atom is 0.319 e. The van der Waals surface area contributed by atoms with Gasteiger partial charge in [0.1, 0.15) is 5.82 Å². The van der Waals surface area contributed by atoms with Gasteiger partial charge in [-0.1, -0.05) is 24.3 Å². The summed E-state index contributed by atoms with van der Waals surface area (Å²) in [5.41, 5.74) is 1.39. The quantitative estimate of drug-likeness (QED) is 0.763. The molecule has 3 N–H and O–H groups in total. The van der Waals surface area contributed by atoms with Crippen molar-refractivity contribution in [3.05, 3.63) is 65.5 Å². The molecule has 5 nitrogen and oxygen atoms in total. The van der Waals surface area contributed by atoms with E-state index in [0.717, 1.165) is 5.56 Å². The maximum absolute atomic E-state index is 12.9. The van der Waals surface area contributed by atoms with E-state index < -0.39 is 6.03 Å². The summed E-state index contributed by atoms with van der Waals surface area (Å²) in [7, 11) is 0. The number of carbonyl (C=O) groups excluding carboxylic acids is 2. The van der Waals surface area contributed by atoms with E-state index in [4.69, 9.17) is 0 Å². The fourth-order valence-electron chi connectivity index (χ4n) is 2.34. The molecular weight excluding hydrogens is 333 g/mol. The van der Waals surface area contributed by atoms with Gasteiger partial charge in [-0.3, -0.25) is 4.79 Å². The van der Waals surface area contributed by atoms with E-state index in [1.54, 1.807) is 36.4 Å². The standard InChI is InChI=1S/C20H24FN3O2/c1-20(2,3)24-18(25)16-6-4-5-7-17(16)23-19(26)22-13-12-14-8-10-15(21)11-9-14/h4-11H,12-13H2,1-3H3,(H,24,25)(H2,22,23,26). The number of anilines is 1. The molecule has 0 unspecified atom stereocenters. The van der Waals surface area contributed by atoms with Crippen LogP contribution in [0.2, 0.25) is 0 Å². The number of hydrogen-bond donors (Lipinski definition) is 3. The first kappa shape index (κ1) is 19.4. The van der Waals surface area contributed by atoms with Crippen molar-refractivity contribution in [1.29, 1.82) is 0 Å². The molecule has 3 amide bonds. The highest BCUT2D eigenvalue weighted by Crippen LogP contribution is 2.16. The van der Waals surface area contributed by atoms with Crippen molar-refractivity contribution in [2.75, 3.05) is 11.9 Å². The van der Waals surface area contributed by atoms with Gasteiger partial charge in [0.15, 0.2) is 0 Å². The lowest BCUT2D eigenvalue weighted by Gasteiger charge is -2.21. The zero-order chi connectivity index (χ0) is 19.2. The van der Waals surface area contributed by atoms with Crippen molar-refractivity contribution in [2.24, 2.45) is 0 Å². The van der Waals surface area contributed by atoms with Crippen molar-refractivity contribution in [3.63, 3.8) is 0 Å². The Morgan fingerprint density at radius 2 is 1.65 bits per heavy atom. The van der Waals surface area contributed by atoms with E-state index >= 15 is 0 Å². The van der Waals surface area contributed by atoms with Gasteiger partial charge in [0.2, 0.25) is 0 Å². The van der Waals surface area contributed by atoms with E-state index in [2.05, 4.69) is 16.0 Å². The van der Waals surface area contributed by atoms with Crippen LogP contribution < -0.4 is 16.0 Å². The van der Waals surface area contributed by atoms with Gasteiger partial charge in [-0.2, -0.15) is 0 Å². The molecule has 0 aliphatic rings. The zero-order valence-electron chi connectivity index (χ0n) is 15.2. The third-order valence-electron chi connectivity index (χ3n) is 3.52. The van der Waals surface area contributed by atoms with Crippen molar-refractivity contribution < 1.29 is 14.0 Å². The first-order valence-electron chi connectivity index (χ1n) is 8.45. The Bertz CT molecular complexity index is 767. The molecule has 0 spiro atoms. The molecule has 0 saturated heterocycles. The Morgan fingerprint density at radius 3 is 2.31 bits per heavy atom. The number of urea groups is 1. The van der Waals surface area contributed by atoms with E-state index in [0.29, 0.717) is 24.2 Å². The molecule has 138 valence electrons. The molecule has 0 radical (unpaired) electrons. The fourth-order valence-corrected chi connectivity index (χ4v) is 2.34. The Kier molecular flexibility index (Phi) is 6.33. The Hall–Kier alpha value is -2.89. The maximum atomic E-state index is 12.9. The van der Waals surface area contributed by atoms with Crippen LogP contribution in [0.4, 0.5) is 14.9 Å². The van der Waals surface area contributed by atoms with Crippen molar-refractivity contribution in [2.45, 2.75) is 32.7 Å². The summed E-state index contributed by atoms with van der Waals surface area (Å²) in [5, 5.41) is 8.31. The molecule has 0 heterocycles. The lowest BCUT2D eigenvalue weighted by atomic mass is 10.1. The number of nitrogens with one attached hydrogen (secondary N) is 3. The number of carbonyl (C=O) groups is 2. The van der Waals surface area contributed by atoms with Crippen LogP contribution in [-0.2, 0) is 6.42 Å². The van der Waals surface area contributed by atoms with Crippen molar-refractivity contribution in [1.82, 2.24) is 10.6 Å². The highest BCUT2D eigenvalue weighted by atomic mass is 19.1. The minimum Gasteiger partial charge on any atom is -0.347 e. The molecule has 0 bridgehead atoms. The van der Waals surface area contributed by atoms with Gasteiger partial charge >= 0.3 is 6.03 Å². The van der Waals surface area contributed by atoms with Crippen LogP contribution in [0, 0.1) is 5.82 Å². The molecular formula is C20H24FN3O2. The fraction of sp³-hybridized carbons (Fsp3) is 0.300. The second-order valence-corrected chi connectivity index (χ2v) is 7.01. The SMILES string of the molecule is CC(C)(C)NC(=O)c1ccccc1NC(=O)NCCc1ccc(F)cc1. The van der Waals surface area contributed by atoms with E-state index in [1.807, 2.05) is 20.8 Å². The first-order valence-corrected chi connectivity index (χ1v) is 8.45. The van der Waals surface area contributed by atoms with Crippen molar-refractivity contribution in [3.8, 4) is 0 Å². The van der Waals surface area contributed by atoms with Crippen LogP contribution in [-0.4, -0.2) is 24.0 Å². The number of halogens is 1. The average molecular weight is 357 g/mol. The van der Waals surface area contributed by atoms with Crippen LogP contribution in [0.25, 0.3) is 0 Å². The van der Waals surface area contributed by atoms with Crippen LogP contribution >= 0.6 is 0 Å². The minimum atomic E-state index is -0.400. The first-order chi connectivity index (χ1) is 12.2. The van der Waals surface area contributed by atoms with Gasteiger partial charge in [-0.25, -0.2) is 9.18 Å². The van der Waals surface area contributed by atoms with Gasteiger partial charge in [0.25, 0.3) is 5.91 Å². The third kappa shape index (κ3) is 6.20. The predicted molar refractivity (Wildman–Crippen MR) is 101 cm³/mol. The van der Waals surface area contributed by atoms with Gasteiger partial charge in [0.05, 0.1) is 11.3 Å². The molecule has 2 aromatic carbocycles. The van der Waals surface area contributed by atoms with Crippen molar-refractivity contribution >= 4 is 17.6 Å². The normalized spacial score (nSPS) is 10.9. The second kappa shape index (κ2) is 8.47. The van der Waals surface area contributed by atoms with Crippen LogP contribution in [0.5, 0.6) is 0 Å². The third-order valence-corrected chi connectivity index (χ3v) is 3.52. The monoisotopic (exact) mass is 357 g/mol. The average Bonchev–Trinajstić information content (AvgIpc) is 2.55. The summed E-state index contributed by atoms with van der Waals surface area (Å²) in [6.07, 6.45) is 0.583. The molecule has 0 aliphatic carbocycles. The number of benzene rings is 2. The molecule has 0 aromatic heterocycles. The van der Waals surface area contributed by atoms with Gasteiger partial charge < -0.3 is 16.0 Å². The smallest absolute Gasteiger partial charge is 0.319 e. The zero-order valence-corrected chi connectivity index (χ0v) is 15.2. The Labute approximate surface area is 153 Å². The summed E-state index contributed by atoms with van der Waals surface area (Å²) in [6, 6.07) is 12.6. The topological polar surface area (TPSA) is 70.2 Å². The number of amides is 3. The molecule has 0 fully saturated rings. The summed E-state index contributed by atoms with van der Waals surface area (Å²) in [5.74, 6) is -0.538. The van der Waals surface area contributed by atoms with Gasteiger partial charge in [-0.15, -0.1) is 0 Å². The van der Waals surface area contributed by atoms with Crippen LogP contribution in [0.3, 0.4) is 0 Å². The molecule has 26 heavy (non-hydrogen) atoms. The molecule has 2 aromatic rings. The lowest BCUT2D eigenvalue weighted by molar-refractivity contribution is 0.0920. The molecule has 0 atom stereocenters. The summed E-state index contributed by atoms with van der Waals surface area (Å²) >= 11 is 0. The number of para-hydroxylation sites is 1. The Morgan fingerprint density at radius 1 is 1.00 bits per heavy atom. The van der Waals surface area contributed by atoms with E-state index in [1.165, 1.54) is 12.1 Å². The number of rotatable bonds is 5. The van der Waals surface area contributed by atoms with Gasteiger partial charge in [0, 0.05) is 12.1 Å². The minimum absolute atomic E-state index is 0.250.